The first kappa shape index (κ1) is 16.5. The minimum absolute atomic E-state index is 0.204. The first-order valence-corrected chi connectivity index (χ1v) is 6.16. The molecule has 1 aromatic heterocycles. The highest BCUT2D eigenvalue weighted by atomic mass is 16.5. The number of nitrogens with zero attached hydrogens (tertiary/aromatic N) is 2. The molecule has 0 spiro atoms. The highest BCUT2D eigenvalue weighted by Gasteiger charge is 2.23. The summed E-state index contributed by atoms with van der Waals surface area (Å²) in [7, 11) is 2.90. The number of hydrogen-bond donors (Lipinski definition) is 3. The molecule has 3 N–H and O–H groups in total. The summed E-state index contributed by atoms with van der Waals surface area (Å²) in [5.74, 6) is -2.03. The number of ether oxygens (including phenoxy) is 1. The van der Waals surface area contributed by atoms with E-state index < -0.39 is 30.4 Å². The van der Waals surface area contributed by atoms with Crippen LogP contribution in [-0.2, 0) is 27.9 Å². The van der Waals surface area contributed by atoms with Crippen LogP contribution in [-0.4, -0.2) is 46.0 Å². The molecule has 0 fully saturated rings. The van der Waals surface area contributed by atoms with Gasteiger partial charge in [-0.3, -0.25) is 9.48 Å². The maximum atomic E-state index is 11.7. The first-order chi connectivity index (χ1) is 9.83. The van der Waals surface area contributed by atoms with Crippen LogP contribution in [0.4, 0.5) is 4.79 Å². The summed E-state index contributed by atoms with van der Waals surface area (Å²) < 4.78 is 5.99. The van der Waals surface area contributed by atoms with E-state index in [4.69, 9.17) is 5.11 Å². The average Bonchev–Trinajstić information content (AvgIpc) is 2.73. The highest BCUT2D eigenvalue weighted by molar-refractivity contribution is 5.86. The van der Waals surface area contributed by atoms with Gasteiger partial charge in [0.15, 0.2) is 0 Å². The van der Waals surface area contributed by atoms with E-state index in [-0.39, 0.29) is 6.54 Å². The van der Waals surface area contributed by atoms with Gasteiger partial charge in [-0.25, -0.2) is 9.59 Å². The molecule has 0 aliphatic carbocycles. The van der Waals surface area contributed by atoms with Crippen LogP contribution in [0.1, 0.15) is 17.7 Å². The van der Waals surface area contributed by atoms with Gasteiger partial charge in [-0.1, -0.05) is 0 Å². The zero-order valence-electron chi connectivity index (χ0n) is 12.0. The van der Waals surface area contributed by atoms with Crippen molar-refractivity contribution in [1.29, 1.82) is 0 Å². The minimum atomic E-state index is -1.34. The van der Waals surface area contributed by atoms with E-state index in [1.165, 1.54) is 0 Å². The van der Waals surface area contributed by atoms with Crippen molar-refractivity contribution < 1.29 is 24.2 Å². The normalized spacial score (nSPS) is 11.6. The number of carbonyl (C=O) groups is 3. The fraction of sp³-hybridized carbons (Fsp3) is 0.500. The second-order valence-corrected chi connectivity index (χ2v) is 4.41. The summed E-state index contributed by atoms with van der Waals surface area (Å²) in [6.45, 7) is 2.00. The van der Waals surface area contributed by atoms with Crippen LogP contribution < -0.4 is 10.6 Å². The molecule has 2 amide bonds. The molecule has 116 valence electrons. The van der Waals surface area contributed by atoms with Gasteiger partial charge in [0.25, 0.3) is 0 Å². The van der Waals surface area contributed by atoms with Crippen molar-refractivity contribution >= 4 is 18.0 Å². The summed E-state index contributed by atoms with van der Waals surface area (Å²) in [4.78, 5) is 33.7. The lowest BCUT2D eigenvalue weighted by atomic mass is 10.2. The second-order valence-electron chi connectivity index (χ2n) is 4.41. The Morgan fingerprint density at radius 3 is 2.62 bits per heavy atom. The molecule has 0 radical (unpaired) electrons. The van der Waals surface area contributed by atoms with Crippen molar-refractivity contribution in [2.75, 3.05) is 7.11 Å². The van der Waals surface area contributed by atoms with E-state index in [1.54, 1.807) is 24.9 Å². The fourth-order valence-corrected chi connectivity index (χ4v) is 1.66. The number of carbonyl (C=O) groups excluding carboxylic acids is 2. The molecule has 9 nitrogen and oxygen atoms in total. The number of aromatic nitrogens is 2. The van der Waals surface area contributed by atoms with Crippen LogP contribution >= 0.6 is 0 Å². The zero-order chi connectivity index (χ0) is 16.0. The molecule has 1 aromatic rings. The monoisotopic (exact) mass is 298 g/mol. The maximum Gasteiger partial charge on any atom is 0.326 e. The number of carboxylic acids is 1. The topological polar surface area (TPSA) is 123 Å². The van der Waals surface area contributed by atoms with Crippen LogP contribution in [0.25, 0.3) is 0 Å². The molecule has 21 heavy (non-hydrogen) atoms. The van der Waals surface area contributed by atoms with Crippen molar-refractivity contribution in [1.82, 2.24) is 20.4 Å². The van der Waals surface area contributed by atoms with Crippen molar-refractivity contribution in [3.63, 3.8) is 0 Å². The SMILES string of the molecule is COC(=O)C[C@H](NC(=O)NCc1cn(C)nc1C)C(=O)O. The van der Waals surface area contributed by atoms with Crippen LogP contribution in [0, 0.1) is 6.92 Å². The summed E-state index contributed by atoms with van der Waals surface area (Å²) in [5.41, 5.74) is 1.58. The van der Waals surface area contributed by atoms with Gasteiger partial charge in [-0.05, 0) is 6.92 Å². The third-order valence-corrected chi connectivity index (χ3v) is 2.76. The molecule has 0 unspecified atom stereocenters. The Hall–Kier alpha value is -2.58. The quantitative estimate of drug-likeness (QED) is 0.611. The van der Waals surface area contributed by atoms with Crippen LogP contribution in [0.5, 0.6) is 0 Å². The Bertz CT molecular complexity index is 540. The summed E-state index contributed by atoms with van der Waals surface area (Å²) in [5, 5.41) is 17.8. The largest absolute Gasteiger partial charge is 0.480 e. The first-order valence-electron chi connectivity index (χ1n) is 6.16. The predicted molar refractivity (Wildman–Crippen MR) is 71.4 cm³/mol. The van der Waals surface area contributed by atoms with Gasteiger partial charge in [0.2, 0.25) is 0 Å². The lowest BCUT2D eigenvalue weighted by Crippen LogP contribution is -2.46. The van der Waals surface area contributed by atoms with Crippen molar-refractivity contribution in [3.05, 3.63) is 17.5 Å². The Labute approximate surface area is 121 Å². The van der Waals surface area contributed by atoms with Crippen LogP contribution in [0.15, 0.2) is 6.20 Å². The lowest BCUT2D eigenvalue weighted by Gasteiger charge is -2.13. The molecule has 1 heterocycles. The molecule has 0 saturated carbocycles. The number of rotatable bonds is 6. The van der Waals surface area contributed by atoms with Crippen molar-refractivity contribution in [2.45, 2.75) is 25.9 Å². The molecule has 0 saturated heterocycles. The number of aliphatic carboxylic acids is 1. The Morgan fingerprint density at radius 2 is 2.14 bits per heavy atom. The number of aryl methyl sites for hydroxylation is 2. The molecule has 0 aromatic carbocycles. The Balaban J connectivity index is 2.52. The molecule has 1 atom stereocenters. The average molecular weight is 298 g/mol. The van der Waals surface area contributed by atoms with E-state index in [0.717, 1.165) is 18.4 Å². The number of esters is 1. The third-order valence-electron chi connectivity index (χ3n) is 2.76. The standard InChI is InChI=1S/C12H18N4O5/c1-7-8(6-16(2)15-7)5-13-12(20)14-9(11(18)19)4-10(17)21-3/h6,9H,4-5H2,1-3H3,(H,18,19)(H2,13,14,20)/t9-/m0/s1. The van der Waals surface area contributed by atoms with Gasteiger partial charge in [-0.15, -0.1) is 0 Å². The highest BCUT2D eigenvalue weighted by Crippen LogP contribution is 2.03. The fourth-order valence-electron chi connectivity index (χ4n) is 1.66. The predicted octanol–water partition coefficient (Wildman–Crippen LogP) is -0.456. The molecular weight excluding hydrogens is 280 g/mol. The van der Waals surface area contributed by atoms with E-state index >= 15 is 0 Å². The molecular formula is C12H18N4O5. The molecule has 0 aliphatic rings. The Kier molecular flexibility index (Phi) is 5.70. The van der Waals surface area contributed by atoms with E-state index in [9.17, 15) is 14.4 Å². The molecule has 0 bridgehead atoms. The van der Waals surface area contributed by atoms with Gasteiger partial charge in [0.1, 0.15) is 6.04 Å². The summed E-state index contributed by atoms with van der Waals surface area (Å²) in [6, 6.07) is -2.03. The van der Waals surface area contributed by atoms with E-state index in [0.29, 0.717) is 0 Å². The molecule has 9 heteroatoms. The van der Waals surface area contributed by atoms with Gasteiger partial charge < -0.3 is 20.5 Å². The number of hydrogen-bond acceptors (Lipinski definition) is 5. The summed E-state index contributed by atoms with van der Waals surface area (Å²) in [6.07, 6.45) is 1.31. The number of carboxylic acid groups (broad SMARTS) is 1. The van der Waals surface area contributed by atoms with Crippen molar-refractivity contribution in [2.24, 2.45) is 7.05 Å². The number of urea groups is 1. The van der Waals surface area contributed by atoms with Gasteiger partial charge in [-0.2, -0.15) is 5.10 Å². The molecule has 0 aliphatic heterocycles. The molecule has 1 rings (SSSR count). The van der Waals surface area contributed by atoms with Crippen LogP contribution in [0.2, 0.25) is 0 Å². The van der Waals surface area contributed by atoms with E-state index in [2.05, 4.69) is 20.5 Å². The minimum Gasteiger partial charge on any atom is -0.480 e. The smallest absolute Gasteiger partial charge is 0.326 e. The van der Waals surface area contributed by atoms with E-state index in [1.807, 2.05) is 0 Å². The summed E-state index contributed by atoms with van der Waals surface area (Å²) >= 11 is 0. The second kappa shape index (κ2) is 7.27. The van der Waals surface area contributed by atoms with Gasteiger partial charge >= 0.3 is 18.0 Å². The van der Waals surface area contributed by atoms with Crippen molar-refractivity contribution in [3.8, 4) is 0 Å². The maximum absolute atomic E-state index is 11.7. The lowest BCUT2D eigenvalue weighted by molar-refractivity contribution is -0.147. The van der Waals surface area contributed by atoms with Gasteiger partial charge in [0.05, 0.1) is 19.2 Å². The Morgan fingerprint density at radius 1 is 1.48 bits per heavy atom. The zero-order valence-corrected chi connectivity index (χ0v) is 12.0. The van der Waals surface area contributed by atoms with Crippen LogP contribution in [0.3, 0.4) is 0 Å². The van der Waals surface area contributed by atoms with Gasteiger partial charge in [0, 0.05) is 25.4 Å². The third kappa shape index (κ3) is 5.13. The number of methoxy groups -OCH3 is 1. The number of amides is 2. The number of nitrogens with one attached hydrogen (secondary N) is 2.